The van der Waals surface area contributed by atoms with E-state index in [4.69, 9.17) is 10.5 Å². The van der Waals surface area contributed by atoms with Gasteiger partial charge in [0.25, 0.3) is 0 Å². The summed E-state index contributed by atoms with van der Waals surface area (Å²) in [4.78, 5) is 0. The minimum absolute atomic E-state index is 0.0130. The molecule has 0 fully saturated rings. The maximum Gasteiger partial charge on any atom is 0.573 e. The first-order valence-corrected chi connectivity index (χ1v) is 6.67. The van der Waals surface area contributed by atoms with Crippen molar-refractivity contribution in [2.45, 2.75) is 26.3 Å². The minimum Gasteiger partial charge on any atom is -0.491 e. The van der Waals surface area contributed by atoms with Gasteiger partial charge in [0.15, 0.2) is 0 Å². The van der Waals surface area contributed by atoms with Crippen molar-refractivity contribution in [1.82, 2.24) is 0 Å². The first-order chi connectivity index (χ1) is 10.2. The molecule has 0 radical (unpaired) electrons. The van der Waals surface area contributed by atoms with E-state index >= 15 is 0 Å². The van der Waals surface area contributed by atoms with Crippen LogP contribution in [0.3, 0.4) is 0 Å². The first kappa shape index (κ1) is 16.0. The van der Waals surface area contributed by atoms with Crippen LogP contribution in [-0.2, 0) is 0 Å². The Labute approximate surface area is 126 Å². The van der Waals surface area contributed by atoms with Crippen LogP contribution in [0.15, 0.2) is 42.5 Å². The highest BCUT2D eigenvalue weighted by Crippen LogP contribution is 2.32. The smallest absolute Gasteiger partial charge is 0.491 e. The van der Waals surface area contributed by atoms with E-state index in [0.29, 0.717) is 22.6 Å². The van der Waals surface area contributed by atoms with Gasteiger partial charge < -0.3 is 15.2 Å². The number of alkyl halides is 3. The molecular formula is C16H16F3NO2. The van der Waals surface area contributed by atoms with Gasteiger partial charge in [0.2, 0.25) is 0 Å². The molecule has 2 N–H and O–H groups in total. The number of nitrogens with two attached hydrogens (primary N) is 1. The predicted octanol–water partition coefficient (Wildman–Crippen LogP) is 4.62. The van der Waals surface area contributed by atoms with E-state index in [2.05, 4.69) is 4.74 Å². The Balaban J connectivity index is 2.27. The molecule has 118 valence electrons. The monoisotopic (exact) mass is 311 g/mol. The standard InChI is InChI=1S/C16H16F3NO2/c1-10(2)21-13-7-8-15(20)14(9-13)11-3-5-12(6-4-11)22-16(17,18)19/h3-10H,20H2,1-2H3. The number of halogens is 3. The fourth-order valence-corrected chi connectivity index (χ4v) is 1.97. The fourth-order valence-electron chi connectivity index (χ4n) is 1.97. The highest BCUT2D eigenvalue weighted by atomic mass is 19.4. The number of nitrogen functional groups attached to an aromatic ring is 1. The average Bonchev–Trinajstić information content (AvgIpc) is 2.40. The van der Waals surface area contributed by atoms with E-state index in [1.165, 1.54) is 24.3 Å². The summed E-state index contributed by atoms with van der Waals surface area (Å²) in [5.41, 5.74) is 7.81. The number of benzene rings is 2. The van der Waals surface area contributed by atoms with Gasteiger partial charge in [-0.1, -0.05) is 12.1 Å². The Morgan fingerprint density at radius 1 is 0.955 bits per heavy atom. The van der Waals surface area contributed by atoms with Gasteiger partial charge in [0.1, 0.15) is 11.5 Å². The molecule has 0 aliphatic heterocycles. The topological polar surface area (TPSA) is 44.5 Å². The van der Waals surface area contributed by atoms with E-state index in [1.54, 1.807) is 18.2 Å². The second-order valence-corrected chi connectivity index (χ2v) is 4.99. The highest BCUT2D eigenvalue weighted by Gasteiger charge is 2.30. The molecule has 22 heavy (non-hydrogen) atoms. The molecule has 0 saturated heterocycles. The largest absolute Gasteiger partial charge is 0.573 e. The van der Waals surface area contributed by atoms with Gasteiger partial charge in [-0.25, -0.2) is 0 Å². The molecule has 0 atom stereocenters. The summed E-state index contributed by atoms with van der Waals surface area (Å²) >= 11 is 0. The average molecular weight is 311 g/mol. The van der Waals surface area contributed by atoms with Crippen LogP contribution in [0.5, 0.6) is 11.5 Å². The predicted molar refractivity (Wildman–Crippen MR) is 78.7 cm³/mol. The highest BCUT2D eigenvalue weighted by molar-refractivity contribution is 5.77. The molecule has 0 aromatic heterocycles. The van der Waals surface area contributed by atoms with Gasteiger partial charge in [0, 0.05) is 11.3 Å². The summed E-state index contributed by atoms with van der Waals surface area (Å²) in [5, 5.41) is 0. The third kappa shape index (κ3) is 4.31. The maximum atomic E-state index is 12.1. The second-order valence-electron chi connectivity index (χ2n) is 4.99. The van der Waals surface area contributed by atoms with Crippen LogP contribution in [0, 0.1) is 0 Å². The molecule has 2 aromatic rings. The molecule has 0 aliphatic carbocycles. The van der Waals surface area contributed by atoms with Crippen molar-refractivity contribution in [3.8, 4) is 22.6 Å². The maximum absolute atomic E-state index is 12.1. The van der Waals surface area contributed by atoms with Crippen molar-refractivity contribution in [2.24, 2.45) is 0 Å². The minimum atomic E-state index is -4.70. The van der Waals surface area contributed by atoms with Gasteiger partial charge in [-0.2, -0.15) is 0 Å². The fraction of sp³-hybridized carbons (Fsp3) is 0.250. The van der Waals surface area contributed by atoms with Crippen molar-refractivity contribution in [2.75, 3.05) is 5.73 Å². The van der Waals surface area contributed by atoms with Crippen molar-refractivity contribution in [3.05, 3.63) is 42.5 Å². The number of rotatable bonds is 4. The molecule has 0 saturated carbocycles. The van der Waals surface area contributed by atoms with E-state index < -0.39 is 6.36 Å². The van der Waals surface area contributed by atoms with Crippen molar-refractivity contribution in [1.29, 1.82) is 0 Å². The zero-order valence-corrected chi connectivity index (χ0v) is 12.1. The molecule has 0 bridgehead atoms. The lowest BCUT2D eigenvalue weighted by Crippen LogP contribution is -2.16. The Morgan fingerprint density at radius 2 is 1.55 bits per heavy atom. The molecule has 3 nitrogen and oxygen atoms in total. The first-order valence-electron chi connectivity index (χ1n) is 6.67. The van der Waals surface area contributed by atoms with Gasteiger partial charge in [-0.15, -0.1) is 13.2 Å². The molecule has 0 unspecified atom stereocenters. The SMILES string of the molecule is CC(C)Oc1ccc(N)c(-c2ccc(OC(F)(F)F)cc2)c1. The Hall–Kier alpha value is -2.37. The number of hydrogen-bond donors (Lipinski definition) is 1. The molecule has 6 heteroatoms. The number of hydrogen-bond acceptors (Lipinski definition) is 3. The van der Waals surface area contributed by atoms with Crippen LogP contribution in [0.4, 0.5) is 18.9 Å². The lowest BCUT2D eigenvalue weighted by molar-refractivity contribution is -0.274. The number of ether oxygens (including phenoxy) is 2. The zero-order valence-electron chi connectivity index (χ0n) is 12.1. The summed E-state index contributed by atoms with van der Waals surface area (Å²) in [7, 11) is 0. The van der Waals surface area contributed by atoms with E-state index in [0.717, 1.165) is 0 Å². The van der Waals surface area contributed by atoms with Crippen LogP contribution < -0.4 is 15.2 Å². The van der Waals surface area contributed by atoms with E-state index in [-0.39, 0.29) is 11.9 Å². The molecular weight excluding hydrogens is 295 g/mol. The lowest BCUT2D eigenvalue weighted by Gasteiger charge is -2.13. The van der Waals surface area contributed by atoms with Gasteiger partial charge >= 0.3 is 6.36 Å². The third-order valence-electron chi connectivity index (χ3n) is 2.80. The zero-order chi connectivity index (χ0) is 16.3. The van der Waals surface area contributed by atoms with E-state index in [1.807, 2.05) is 13.8 Å². The molecule has 0 spiro atoms. The normalized spacial score (nSPS) is 11.5. The second kappa shape index (κ2) is 6.17. The summed E-state index contributed by atoms with van der Waals surface area (Å²) in [6, 6.07) is 10.7. The van der Waals surface area contributed by atoms with Crippen LogP contribution in [0.25, 0.3) is 11.1 Å². The van der Waals surface area contributed by atoms with Crippen LogP contribution in [-0.4, -0.2) is 12.5 Å². The quantitative estimate of drug-likeness (QED) is 0.838. The summed E-state index contributed by atoms with van der Waals surface area (Å²) < 4.78 is 45.9. The van der Waals surface area contributed by atoms with Gasteiger partial charge in [0.05, 0.1) is 6.10 Å². The number of anilines is 1. The van der Waals surface area contributed by atoms with Crippen LogP contribution in [0.2, 0.25) is 0 Å². The van der Waals surface area contributed by atoms with Gasteiger partial charge in [-0.3, -0.25) is 0 Å². The summed E-state index contributed by atoms with van der Waals surface area (Å²) in [6.07, 6.45) is -4.69. The Kier molecular flexibility index (Phi) is 4.49. The summed E-state index contributed by atoms with van der Waals surface area (Å²) in [5.74, 6) is 0.374. The van der Waals surface area contributed by atoms with Crippen molar-refractivity contribution in [3.63, 3.8) is 0 Å². The van der Waals surface area contributed by atoms with E-state index in [9.17, 15) is 13.2 Å². The van der Waals surface area contributed by atoms with Gasteiger partial charge in [-0.05, 0) is 49.7 Å². The molecule has 0 amide bonds. The van der Waals surface area contributed by atoms with Crippen molar-refractivity contribution < 1.29 is 22.6 Å². The molecule has 2 aromatic carbocycles. The summed E-state index contributed by atoms with van der Waals surface area (Å²) in [6.45, 7) is 3.80. The van der Waals surface area contributed by atoms with Crippen LogP contribution in [0.1, 0.15) is 13.8 Å². The molecule has 0 aliphatic rings. The Bertz CT molecular complexity index is 637. The lowest BCUT2D eigenvalue weighted by atomic mass is 10.0. The molecule has 0 heterocycles. The molecule has 2 rings (SSSR count). The van der Waals surface area contributed by atoms with Crippen LogP contribution >= 0.6 is 0 Å². The third-order valence-corrected chi connectivity index (χ3v) is 2.80. The Morgan fingerprint density at radius 3 is 2.09 bits per heavy atom. The van der Waals surface area contributed by atoms with Crippen molar-refractivity contribution >= 4 is 5.69 Å².